The van der Waals surface area contributed by atoms with Crippen molar-refractivity contribution in [3.05, 3.63) is 33.9 Å². The third kappa shape index (κ3) is 5.13. The number of nitrogens with zero attached hydrogens (tertiary/aromatic N) is 1. The van der Waals surface area contributed by atoms with Gasteiger partial charge in [-0.3, -0.25) is 10.1 Å². The predicted octanol–water partition coefficient (Wildman–Crippen LogP) is 2.25. The summed E-state index contributed by atoms with van der Waals surface area (Å²) in [4.78, 5) is 33.4. The number of carbonyl (C=O) groups is 2. The number of alkyl carbamates (subject to hydrolysis) is 1. The van der Waals surface area contributed by atoms with Gasteiger partial charge in [-0.2, -0.15) is 0 Å². The molecule has 0 aliphatic heterocycles. The number of carboxylic acids is 1. The largest absolute Gasteiger partial charge is 0.490 e. The topological polar surface area (TPSA) is 128 Å². The SMILES string of the molecule is COc1ccc(C(NC(=O)OC(C)(C)C)C(=O)O)cc1[N+](=O)[O-]. The van der Waals surface area contributed by atoms with E-state index in [1.807, 2.05) is 0 Å². The second kappa shape index (κ2) is 6.95. The molecular weight excluding hydrogens is 308 g/mol. The first-order valence-corrected chi connectivity index (χ1v) is 6.60. The summed E-state index contributed by atoms with van der Waals surface area (Å²) >= 11 is 0. The fourth-order valence-electron chi connectivity index (χ4n) is 1.74. The van der Waals surface area contributed by atoms with Crippen molar-refractivity contribution in [2.24, 2.45) is 0 Å². The minimum Gasteiger partial charge on any atom is -0.490 e. The van der Waals surface area contributed by atoms with Crippen LogP contribution in [0.3, 0.4) is 0 Å². The van der Waals surface area contributed by atoms with Gasteiger partial charge in [0.1, 0.15) is 5.60 Å². The highest BCUT2D eigenvalue weighted by Crippen LogP contribution is 2.30. The number of rotatable bonds is 5. The van der Waals surface area contributed by atoms with Gasteiger partial charge in [0.05, 0.1) is 12.0 Å². The van der Waals surface area contributed by atoms with Crippen LogP contribution in [-0.2, 0) is 9.53 Å². The number of hydrogen-bond acceptors (Lipinski definition) is 6. The van der Waals surface area contributed by atoms with Crippen LogP contribution in [0.4, 0.5) is 10.5 Å². The van der Waals surface area contributed by atoms with Crippen LogP contribution < -0.4 is 10.1 Å². The van der Waals surface area contributed by atoms with E-state index in [2.05, 4.69) is 5.32 Å². The summed E-state index contributed by atoms with van der Waals surface area (Å²) in [5.41, 5.74) is -1.18. The third-order valence-electron chi connectivity index (χ3n) is 2.64. The molecule has 0 radical (unpaired) electrons. The Hall–Kier alpha value is -2.84. The van der Waals surface area contributed by atoms with Crippen LogP contribution in [0, 0.1) is 10.1 Å². The molecule has 1 rings (SSSR count). The van der Waals surface area contributed by atoms with Crippen molar-refractivity contribution in [1.82, 2.24) is 5.32 Å². The highest BCUT2D eigenvalue weighted by atomic mass is 16.6. The smallest absolute Gasteiger partial charge is 0.408 e. The van der Waals surface area contributed by atoms with E-state index >= 15 is 0 Å². The van der Waals surface area contributed by atoms with E-state index in [1.54, 1.807) is 20.8 Å². The number of ether oxygens (including phenoxy) is 2. The summed E-state index contributed by atoms with van der Waals surface area (Å²) in [5, 5.41) is 22.4. The molecule has 1 aromatic rings. The second-order valence-corrected chi connectivity index (χ2v) is 5.61. The van der Waals surface area contributed by atoms with E-state index in [0.717, 1.165) is 6.07 Å². The maximum absolute atomic E-state index is 11.7. The van der Waals surface area contributed by atoms with E-state index in [9.17, 15) is 24.8 Å². The molecule has 0 bridgehead atoms. The van der Waals surface area contributed by atoms with Crippen molar-refractivity contribution in [3.63, 3.8) is 0 Å². The van der Waals surface area contributed by atoms with Crippen molar-refractivity contribution in [2.45, 2.75) is 32.4 Å². The van der Waals surface area contributed by atoms with Gasteiger partial charge in [-0.15, -0.1) is 0 Å². The highest BCUT2D eigenvalue weighted by Gasteiger charge is 2.28. The van der Waals surface area contributed by atoms with E-state index < -0.39 is 34.3 Å². The molecule has 1 atom stereocenters. The van der Waals surface area contributed by atoms with Crippen LogP contribution >= 0.6 is 0 Å². The Balaban J connectivity index is 3.12. The molecule has 9 heteroatoms. The number of carbonyl (C=O) groups excluding carboxylic acids is 1. The number of nitro benzene ring substituents is 1. The fourth-order valence-corrected chi connectivity index (χ4v) is 1.74. The van der Waals surface area contributed by atoms with Crippen LogP contribution in [0.15, 0.2) is 18.2 Å². The summed E-state index contributed by atoms with van der Waals surface area (Å²) in [6.07, 6.45) is -0.941. The number of nitro groups is 1. The monoisotopic (exact) mass is 326 g/mol. The molecule has 0 fully saturated rings. The van der Waals surface area contributed by atoms with Gasteiger partial charge in [-0.25, -0.2) is 9.59 Å². The Bertz CT molecular complexity index is 622. The lowest BCUT2D eigenvalue weighted by Crippen LogP contribution is -2.38. The van der Waals surface area contributed by atoms with Gasteiger partial charge in [0, 0.05) is 6.07 Å². The molecule has 2 N–H and O–H groups in total. The third-order valence-corrected chi connectivity index (χ3v) is 2.64. The average Bonchev–Trinajstić information content (AvgIpc) is 2.41. The van der Waals surface area contributed by atoms with Crippen molar-refractivity contribution in [1.29, 1.82) is 0 Å². The molecule has 0 aliphatic rings. The summed E-state index contributed by atoms with van der Waals surface area (Å²) in [6.45, 7) is 4.88. The van der Waals surface area contributed by atoms with E-state index in [4.69, 9.17) is 9.47 Å². The van der Waals surface area contributed by atoms with Gasteiger partial charge in [0.25, 0.3) is 0 Å². The zero-order chi connectivity index (χ0) is 17.8. The van der Waals surface area contributed by atoms with Crippen LogP contribution in [0.5, 0.6) is 5.75 Å². The number of amides is 1. The van der Waals surface area contributed by atoms with Crippen molar-refractivity contribution in [2.75, 3.05) is 7.11 Å². The number of methoxy groups -OCH3 is 1. The van der Waals surface area contributed by atoms with Crippen LogP contribution in [0.1, 0.15) is 32.4 Å². The minimum absolute atomic E-state index is 0.0137. The number of benzene rings is 1. The first-order chi connectivity index (χ1) is 10.5. The van der Waals surface area contributed by atoms with Gasteiger partial charge in [-0.05, 0) is 32.4 Å². The quantitative estimate of drug-likeness (QED) is 0.627. The molecule has 0 spiro atoms. The molecule has 1 unspecified atom stereocenters. The maximum Gasteiger partial charge on any atom is 0.408 e. The van der Waals surface area contributed by atoms with Crippen LogP contribution in [0.2, 0.25) is 0 Å². The number of nitrogens with one attached hydrogen (secondary N) is 1. The molecule has 0 saturated carbocycles. The summed E-state index contributed by atoms with van der Waals surface area (Å²) in [5.74, 6) is -1.39. The molecule has 0 heterocycles. The van der Waals surface area contributed by atoms with Gasteiger partial charge >= 0.3 is 17.7 Å². The Labute approximate surface area is 132 Å². The lowest BCUT2D eigenvalue weighted by atomic mass is 10.1. The van der Waals surface area contributed by atoms with Crippen LogP contribution in [-0.4, -0.2) is 34.8 Å². The summed E-state index contributed by atoms with van der Waals surface area (Å²) in [6, 6.07) is 2.13. The molecule has 0 saturated heterocycles. The maximum atomic E-state index is 11.7. The van der Waals surface area contributed by atoms with Crippen molar-refractivity contribution in [3.8, 4) is 5.75 Å². The Morgan fingerprint density at radius 2 is 1.96 bits per heavy atom. The molecule has 0 aromatic heterocycles. The first kappa shape index (κ1) is 18.2. The second-order valence-electron chi connectivity index (χ2n) is 5.61. The molecule has 1 amide bonds. The van der Waals surface area contributed by atoms with Crippen molar-refractivity contribution >= 4 is 17.7 Å². The Morgan fingerprint density at radius 3 is 2.39 bits per heavy atom. The van der Waals surface area contributed by atoms with Gasteiger partial charge in [0.15, 0.2) is 11.8 Å². The van der Waals surface area contributed by atoms with Gasteiger partial charge < -0.3 is 19.9 Å². The van der Waals surface area contributed by atoms with Crippen LogP contribution in [0.25, 0.3) is 0 Å². The van der Waals surface area contributed by atoms with Gasteiger partial charge in [0.2, 0.25) is 0 Å². The first-order valence-electron chi connectivity index (χ1n) is 6.60. The zero-order valence-corrected chi connectivity index (χ0v) is 13.2. The summed E-state index contributed by atoms with van der Waals surface area (Å²) < 4.78 is 9.84. The lowest BCUT2D eigenvalue weighted by molar-refractivity contribution is -0.385. The number of hydrogen-bond donors (Lipinski definition) is 2. The van der Waals surface area contributed by atoms with E-state index in [1.165, 1.54) is 19.2 Å². The molecule has 1 aromatic carbocycles. The summed E-state index contributed by atoms with van der Waals surface area (Å²) in [7, 11) is 1.26. The van der Waals surface area contributed by atoms with Crippen molar-refractivity contribution < 1.29 is 29.1 Å². The van der Waals surface area contributed by atoms with Gasteiger partial charge in [-0.1, -0.05) is 6.07 Å². The molecule has 0 aliphatic carbocycles. The lowest BCUT2D eigenvalue weighted by Gasteiger charge is -2.22. The Morgan fingerprint density at radius 1 is 1.35 bits per heavy atom. The molecule has 9 nitrogen and oxygen atoms in total. The fraction of sp³-hybridized carbons (Fsp3) is 0.429. The van der Waals surface area contributed by atoms with E-state index in [0.29, 0.717) is 0 Å². The average molecular weight is 326 g/mol. The predicted molar refractivity (Wildman–Crippen MR) is 79.4 cm³/mol. The number of carboxylic acid groups (broad SMARTS) is 1. The van der Waals surface area contributed by atoms with E-state index in [-0.39, 0.29) is 11.3 Å². The molecular formula is C14H18N2O7. The standard InChI is InChI=1S/C14H18N2O7/c1-14(2,3)23-13(19)15-11(12(17)18)8-5-6-10(22-4)9(7-8)16(20)21/h5-7,11H,1-4H3,(H,15,19)(H,17,18). The minimum atomic E-state index is -1.49. The zero-order valence-electron chi connectivity index (χ0n) is 13.2. The Kier molecular flexibility index (Phi) is 5.50. The normalized spacial score (nSPS) is 12.2. The molecule has 23 heavy (non-hydrogen) atoms. The number of aliphatic carboxylic acids is 1. The highest BCUT2D eigenvalue weighted by molar-refractivity contribution is 5.81. The molecule has 126 valence electrons.